The van der Waals surface area contributed by atoms with E-state index >= 15 is 0 Å². The minimum atomic E-state index is -3.56. The van der Waals surface area contributed by atoms with Crippen LogP contribution in [0.1, 0.15) is 16.8 Å². The van der Waals surface area contributed by atoms with Crippen LogP contribution in [0.15, 0.2) is 47.4 Å². The topological polar surface area (TPSA) is 91.4 Å². The molecule has 0 unspecified atom stereocenters. The summed E-state index contributed by atoms with van der Waals surface area (Å²) in [5, 5.41) is 0. The van der Waals surface area contributed by atoms with Crippen molar-refractivity contribution in [3.63, 3.8) is 0 Å². The summed E-state index contributed by atoms with van der Waals surface area (Å²) in [6, 6.07) is 11.1. The van der Waals surface area contributed by atoms with Gasteiger partial charge >= 0.3 is 0 Å². The van der Waals surface area contributed by atoms with E-state index in [-0.39, 0.29) is 17.3 Å². The summed E-state index contributed by atoms with van der Waals surface area (Å²) < 4.78 is 48.6. The van der Waals surface area contributed by atoms with Gasteiger partial charge in [-0.2, -0.15) is 4.31 Å². The van der Waals surface area contributed by atoms with Crippen molar-refractivity contribution in [2.24, 2.45) is 0 Å². The fourth-order valence-corrected chi connectivity index (χ4v) is 4.62. The number of fused-ring (bicyclic) bond motifs is 1. The largest absolute Gasteiger partial charge is 0.490 e. The van der Waals surface area contributed by atoms with Crippen molar-refractivity contribution in [2.45, 2.75) is 11.3 Å². The number of Topliss-reactive ketones (excluding diaryl/α,β-unsaturated/α-hetero) is 1. The van der Waals surface area contributed by atoms with E-state index in [1.54, 1.807) is 30.3 Å². The first kappa shape index (κ1) is 20.6. The highest BCUT2D eigenvalue weighted by Gasteiger charge is 2.26. The zero-order valence-corrected chi connectivity index (χ0v) is 17.2. The van der Waals surface area contributed by atoms with Gasteiger partial charge in [-0.05, 0) is 42.5 Å². The molecule has 1 fully saturated rings. The molecule has 9 heteroatoms. The fourth-order valence-electron chi connectivity index (χ4n) is 3.21. The molecular formula is C21H23NO7S. The smallest absolute Gasteiger partial charge is 0.243 e. The Labute approximate surface area is 175 Å². The minimum Gasteiger partial charge on any atom is -0.490 e. The van der Waals surface area contributed by atoms with E-state index in [2.05, 4.69) is 0 Å². The van der Waals surface area contributed by atoms with Gasteiger partial charge in [0.05, 0.1) is 31.3 Å². The Bertz CT molecular complexity index is 999. The van der Waals surface area contributed by atoms with Crippen molar-refractivity contribution >= 4 is 15.8 Å². The molecule has 30 heavy (non-hydrogen) atoms. The number of ether oxygens (including phenoxy) is 4. The number of carbonyl (C=O) groups excluding carboxylic acids is 1. The number of benzene rings is 2. The lowest BCUT2D eigenvalue weighted by Crippen LogP contribution is -2.40. The molecule has 0 atom stereocenters. The summed E-state index contributed by atoms with van der Waals surface area (Å²) in [4.78, 5) is 12.7. The molecule has 2 aliphatic heterocycles. The normalized spacial score (nSPS) is 17.2. The van der Waals surface area contributed by atoms with Crippen molar-refractivity contribution in [2.75, 3.05) is 46.1 Å². The average molecular weight is 433 g/mol. The lowest BCUT2D eigenvalue weighted by atomic mass is 10.1. The van der Waals surface area contributed by atoms with Gasteiger partial charge in [0.15, 0.2) is 23.9 Å². The minimum absolute atomic E-state index is 0.171. The summed E-state index contributed by atoms with van der Waals surface area (Å²) in [5.41, 5.74) is 0.464. The third kappa shape index (κ3) is 4.58. The van der Waals surface area contributed by atoms with Gasteiger partial charge < -0.3 is 18.9 Å². The number of sulfonamides is 1. The molecule has 0 N–H and O–H groups in total. The summed E-state index contributed by atoms with van der Waals surface area (Å²) in [6.45, 7) is 2.41. The molecule has 2 aliphatic rings. The third-order valence-corrected chi connectivity index (χ3v) is 6.78. The van der Waals surface area contributed by atoms with Crippen molar-refractivity contribution in [1.82, 2.24) is 4.31 Å². The van der Waals surface area contributed by atoms with Crippen molar-refractivity contribution in [3.8, 4) is 17.2 Å². The first-order chi connectivity index (χ1) is 14.5. The van der Waals surface area contributed by atoms with Gasteiger partial charge in [0, 0.05) is 25.1 Å². The quantitative estimate of drug-likeness (QED) is 0.645. The maximum absolute atomic E-state index is 12.6. The molecule has 1 saturated heterocycles. The van der Waals surface area contributed by atoms with Gasteiger partial charge in [-0.3, -0.25) is 4.79 Å². The van der Waals surface area contributed by atoms with Gasteiger partial charge in [0.2, 0.25) is 10.0 Å². The highest BCUT2D eigenvalue weighted by atomic mass is 32.2. The van der Waals surface area contributed by atoms with Crippen molar-refractivity contribution in [3.05, 3.63) is 48.0 Å². The Balaban J connectivity index is 1.38. The molecule has 2 aromatic carbocycles. The molecule has 0 bridgehead atoms. The number of morpholine rings is 1. The van der Waals surface area contributed by atoms with Crippen LogP contribution in [-0.4, -0.2) is 64.6 Å². The van der Waals surface area contributed by atoms with Crippen molar-refractivity contribution in [1.29, 1.82) is 0 Å². The molecule has 0 amide bonds. The van der Waals surface area contributed by atoms with Gasteiger partial charge in [-0.15, -0.1) is 0 Å². The van der Waals surface area contributed by atoms with Crippen LogP contribution in [0.4, 0.5) is 0 Å². The second kappa shape index (κ2) is 9.03. The predicted molar refractivity (Wildman–Crippen MR) is 108 cm³/mol. The maximum Gasteiger partial charge on any atom is 0.243 e. The second-order valence-electron chi connectivity index (χ2n) is 6.91. The Hall–Kier alpha value is -2.62. The highest BCUT2D eigenvalue weighted by Crippen LogP contribution is 2.30. The third-order valence-electron chi connectivity index (χ3n) is 4.87. The molecular weight excluding hydrogens is 410 g/mol. The van der Waals surface area contributed by atoms with Crippen LogP contribution in [0.3, 0.4) is 0 Å². The fraction of sp³-hybridized carbons (Fsp3) is 0.381. The van der Waals surface area contributed by atoms with Crippen LogP contribution >= 0.6 is 0 Å². The standard InChI is InChI=1S/C21H23NO7S/c23-19(16-2-7-20-21(14-16)28-11-1-10-27-20)15-29-17-3-5-18(6-4-17)30(24,25)22-8-12-26-13-9-22/h2-7,14H,1,8-13,15H2. The Kier molecular flexibility index (Phi) is 6.21. The first-order valence-electron chi connectivity index (χ1n) is 9.78. The van der Waals surface area contributed by atoms with E-state index in [1.165, 1.54) is 16.4 Å². The number of hydrogen-bond donors (Lipinski definition) is 0. The molecule has 2 aromatic rings. The zero-order chi connectivity index (χ0) is 21.0. The SMILES string of the molecule is O=C(COc1ccc(S(=O)(=O)N2CCOCC2)cc1)c1ccc2c(c1)OCCCO2. The van der Waals surface area contributed by atoms with E-state index in [9.17, 15) is 13.2 Å². The van der Waals surface area contributed by atoms with Gasteiger partial charge in [-0.1, -0.05) is 0 Å². The molecule has 0 saturated carbocycles. The molecule has 0 aliphatic carbocycles. The van der Waals surface area contributed by atoms with Crippen LogP contribution in [0.5, 0.6) is 17.2 Å². The first-order valence-corrected chi connectivity index (χ1v) is 11.2. The van der Waals surface area contributed by atoms with E-state index in [4.69, 9.17) is 18.9 Å². The van der Waals surface area contributed by atoms with Gasteiger partial charge in [0.25, 0.3) is 0 Å². The van der Waals surface area contributed by atoms with Gasteiger partial charge in [-0.25, -0.2) is 8.42 Å². The van der Waals surface area contributed by atoms with E-state index in [0.29, 0.717) is 62.3 Å². The molecule has 160 valence electrons. The van der Waals surface area contributed by atoms with Crippen molar-refractivity contribution < 1.29 is 32.2 Å². The molecule has 2 heterocycles. The highest BCUT2D eigenvalue weighted by molar-refractivity contribution is 7.89. The molecule has 0 spiro atoms. The second-order valence-corrected chi connectivity index (χ2v) is 8.85. The number of nitrogens with zero attached hydrogens (tertiary/aromatic N) is 1. The lowest BCUT2D eigenvalue weighted by molar-refractivity contribution is 0.0730. The number of hydrogen-bond acceptors (Lipinski definition) is 7. The lowest BCUT2D eigenvalue weighted by Gasteiger charge is -2.26. The molecule has 4 rings (SSSR count). The Morgan fingerprint density at radius 2 is 1.63 bits per heavy atom. The summed E-state index contributed by atoms with van der Waals surface area (Å²) in [6.07, 6.45) is 0.790. The summed E-state index contributed by atoms with van der Waals surface area (Å²) in [7, 11) is -3.56. The van der Waals surface area contributed by atoms with Crippen LogP contribution in [0.2, 0.25) is 0 Å². The Morgan fingerprint density at radius 3 is 2.37 bits per heavy atom. The number of carbonyl (C=O) groups is 1. The number of rotatable bonds is 6. The van der Waals surface area contributed by atoms with Crippen LogP contribution in [0, 0.1) is 0 Å². The average Bonchev–Trinajstić information content (AvgIpc) is 3.03. The number of ketones is 1. The monoisotopic (exact) mass is 433 g/mol. The molecule has 8 nitrogen and oxygen atoms in total. The van der Waals surface area contributed by atoms with Crippen LogP contribution < -0.4 is 14.2 Å². The Morgan fingerprint density at radius 1 is 0.933 bits per heavy atom. The molecule has 0 aromatic heterocycles. The maximum atomic E-state index is 12.6. The summed E-state index contributed by atoms with van der Waals surface area (Å²) >= 11 is 0. The van der Waals surface area contributed by atoms with Crippen LogP contribution in [-0.2, 0) is 14.8 Å². The van der Waals surface area contributed by atoms with Crippen LogP contribution in [0.25, 0.3) is 0 Å². The van der Waals surface area contributed by atoms with E-state index in [1.807, 2.05) is 0 Å². The van der Waals surface area contributed by atoms with E-state index < -0.39 is 10.0 Å². The molecule has 0 radical (unpaired) electrons. The van der Waals surface area contributed by atoms with E-state index in [0.717, 1.165) is 6.42 Å². The summed E-state index contributed by atoms with van der Waals surface area (Å²) in [5.74, 6) is 1.38. The van der Waals surface area contributed by atoms with Gasteiger partial charge in [0.1, 0.15) is 5.75 Å². The predicted octanol–water partition coefficient (Wildman–Crippen LogP) is 2.13. The zero-order valence-electron chi connectivity index (χ0n) is 16.4.